The molecular formula is C18H13F2NO5. The van der Waals surface area contributed by atoms with Gasteiger partial charge in [-0.15, -0.1) is 0 Å². The summed E-state index contributed by atoms with van der Waals surface area (Å²) in [4.78, 5) is 24.1. The van der Waals surface area contributed by atoms with Crippen molar-refractivity contribution in [2.24, 2.45) is 7.05 Å². The van der Waals surface area contributed by atoms with Crippen molar-refractivity contribution in [2.75, 3.05) is 7.11 Å². The van der Waals surface area contributed by atoms with Crippen molar-refractivity contribution in [3.63, 3.8) is 0 Å². The van der Waals surface area contributed by atoms with E-state index in [0.29, 0.717) is 0 Å². The average Bonchev–Trinajstić information content (AvgIpc) is 2.63. The second kappa shape index (κ2) is 6.47. The van der Waals surface area contributed by atoms with Gasteiger partial charge in [0.15, 0.2) is 17.1 Å². The summed E-state index contributed by atoms with van der Waals surface area (Å²) >= 11 is 0. The molecule has 0 fully saturated rings. The first-order chi connectivity index (χ1) is 12.3. The molecule has 3 aromatic rings. The van der Waals surface area contributed by atoms with Gasteiger partial charge in [0.2, 0.25) is 5.82 Å². The Morgan fingerprint density at radius 3 is 2.62 bits per heavy atom. The van der Waals surface area contributed by atoms with Crippen molar-refractivity contribution in [3.8, 4) is 17.2 Å². The highest BCUT2D eigenvalue weighted by atomic mass is 19.2. The normalized spacial score (nSPS) is 10.8. The SMILES string of the molecule is COC(=O)c1c(O)c2ccc(Oc3cccc(F)c3F)cc2n(C)c1=O. The van der Waals surface area contributed by atoms with Gasteiger partial charge in [0.05, 0.1) is 12.6 Å². The van der Waals surface area contributed by atoms with Crippen molar-refractivity contribution in [1.82, 2.24) is 4.57 Å². The molecule has 0 bridgehead atoms. The van der Waals surface area contributed by atoms with Crippen LogP contribution in [0.25, 0.3) is 10.9 Å². The van der Waals surface area contributed by atoms with Crippen LogP contribution in [0.2, 0.25) is 0 Å². The number of carbonyl (C=O) groups is 1. The van der Waals surface area contributed by atoms with E-state index in [1.165, 1.54) is 37.4 Å². The van der Waals surface area contributed by atoms with Gasteiger partial charge in [-0.3, -0.25) is 4.79 Å². The predicted octanol–water partition coefficient (Wildman–Crippen LogP) is 3.10. The van der Waals surface area contributed by atoms with Crippen molar-refractivity contribution < 1.29 is 28.2 Å². The number of hydrogen-bond acceptors (Lipinski definition) is 5. The molecule has 1 N–H and O–H groups in total. The molecule has 6 nitrogen and oxygen atoms in total. The highest BCUT2D eigenvalue weighted by molar-refractivity contribution is 5.99. The Morgan fingerprint density at radius 2 is 1.92 bits per heavy atom. The maximum atomic E-state index is 13.7. The number of pyridine rings is 1. The Kier molecular flexibility index (Phi) is 4.33. The molecule has 26 heavy (non-hydrogen) atoms. The second-order valence-corrected chi connectivity index (χ2v) is 5.41. The fraction of sp³-hybridized carbons (Fsp3) is 0.111. The quantitative estimate of drug-likeness (QED) is 0.726. The molecule has 2 aromatic carbocycles. The lowest BCUT2D eigenvalue weighted by molar-refractivity contribution is 0.0595. The highest BCUT2D eigenvalue weighted by Crippen LogP contribution is 2.32. The van der Waals surface area contributed by atoms with Gasteiger partial charge in [-0.25, -0.2) is 9.18 Å². The zero-order valence-electron chi connectivity index (χ0n) is 13.7. The van der Waals surface area contributed by atoms with Gasteiger partial charge in [0, 0.05) is 18.5 Å². The van der Waals surface area contributed by atoms with Crippen LogP contribution in [-0.2, 0) is 11.8 Å². The van der Waals surface area contributed by atoms with Crippen LogP contribution in [0.1, 0.15) is 10.4 Å². The summed E-state index contributed by atoms with van der Waals surface area (Å²) in [7, 11) is 2.49. The molecule has 0 aliphatic carbocycles. The first-order valence-corrected chi connectivity index (χ1v) is 7.41. The smallest absolute Gasteiger partial charge is 0.347 e. The van der Waals surface area contributed by atoms with Gasteiger partial charge >= 0.3 is 5.97 Å². The van der Waals surface area contributed by atoms with Gasteiger partial charge in [-0.1, -0.05) is 6.07 Å². The number of methoxy groups -OCH3 is 1. The molecule has 3 rings (SSSR count). The zero-order chi connectivity index (χ0) is 19.0. The number of halogens is 2. The van der Waals surface area contributed by atoms with Crippen LogP contribution < -0.4 is 10.3 Å². The molecule has 0 atom stereocenters. The third-order valence-electron chi connectivity index (χ3n) is 3.87. The third-order valence-corrected chi connectivity index (χ3v) is 3.87. The van der Waals surface area contributed by atoms with Crippen LogP contribution in [0.15, 0.2) is 41.2 Å². The van der Waals surface area contributed by atoms with E-state index in [4.69, 9.17) is 4.74 Å². The second-order valence-electron chi connectivity index (χ2n) is 5.41. The van der Waals surface area contributed by atoms with Crippen LogP contribution in [0.4, 0.5) is 8.78 Å². The van der Waals surface area contributed by atoms with Crippen molar-refractivity contribution in [2.45, 2.75) is 0 Å². The van der Waals surface area contributed by atoms with Crippen LogP contribution in [0.3, 0.4) is 0 Å². The van der Waals surface area contributed by atoms with E-state index in [2.05, 4.69) is 4.74 Å². The maximum Gasteiger partial charge on any atom is 0.347 e. The molecule has 0 radical (unpaired) electrons. The lowest BCUT2D eigenvalue weighted by Gasteiger charge is -2.13. The molecule has 0 amide bonds. The summed E-state index contributed by atoms with van der Waals surface area (Å²) in [5.41, 5.74) is -1.03. The Bertz CT molecular complexity index is 1090. The largest absolute Gasteiger partial charge is 0.506 e. The number of hydrogen-bond donors (Lipinski definition) is 1. The molecule has 0 saturated heterocycles. The summed E-state index contributed by atoms with van der Waals surface area (Å²) in [6, 6.07) is 7.64. The first-order valence-electron chi connectivity index (χ1n) is 7.41. The number of esters is 1. The zero-order valence-corrected chi connectivity index (χ0v) is 13.7. The Hall–Kier alpha value is -3.42. The van der Waals surface area contributed by atoms with Crippen molar-refractivity contribution in [3.05, 3.63) is 63.9 Å². The van der Waals surface area contributed by atoms with E-state index in [9.17, 15) is 23.5 Å². The Morgan fingerprint density at radius 1 is 1.19 bits per heavy atom. The Balaban J connectivity index is 2.15. The van der Waals surface area contributed by atoms with Gasteiger partial charge in [0.1, 0.15) is 11.5 Å². The maximum absolute atomic E-state index is 13.7. The predicted molar refractivity (Wildman–Crippen MR) is 88.6 cm³/mol. The first kappa shape index (κ1) is 17.4. The molecule has 1 aromatic heterocycles. The molecule has 0 saturated carbocycles. The van der Waals surface area contributed by atoms with Crippen molar-refractivity contribution >= 4 is 16.9 Å². The van der Waals surface area contributed by atoms with Crippen LogP contribution in [-0.4, -0.2) is 22.8 Å². The number of carbonyl (C=O) groups excluding carboxylic acids is 1. The van der Waals surface area contributed by atoms with Gasteiger partial charge < -0.3 is 19.1 Å². The topological polar surface area (TPSA) is 77.8 Å². The summed E-state index contributed by atoms with van der Waals surface area (Å²) in [5, 5.41) is 10.4. The molecule has 0 aliphatic rings. The molecule has 0 unspecified atom stereocenters. The van der Waals surface area contributed by atoms with Gasteiger partial charge in [-0.2, -0.15) is 4.39 Å². The lowest BCUT2D eigenvalue weighted by Crippen LogP contribution is -2.25. The summed E-state index contributed by atoms with van der Waals surface area (Å²) in [6.07, 6.45) is 0. The number of ether oxygens (including phenoxy) is 2. The van der Waals surface area contributed by atoms with E-state index < -0.39 is 34.5 Å². The number of aromatic hydroxyl groups is 1. The third kappa shape index (κ3) is 2.75. The van der Waals surface area contributed by atoms with Crippen LogP contribution in [0, 0.1) is 11.6 Å². The number of aryl methyl sites for hydroxylation is 1. The standard InChI is InChI=1S/C18H13F2NO5/c1-21-12-8-9(26-13-5-3-4-11(19)15(13)20)6-7-10(12)16(22)14(17(21)23)18(24)25-2/h3-8,22H,1-2H3. The van der Waals surface area contributed by atoms with Crippen molar-refractivity contribution in [1.29, 1.82) is 0 Å². The monoisotopic (exact) mass is 361 g/mol. The average molecular weight is 361 g/mol. The molecule has 1 heterocycles. The summed E-state index contributed by atoms with van der Waals surface area (Å²) in [6.45, 7) is 0. The Labute approximate surface area is 145 Å². The van der Waals surface area contributed by atoms with E-state index in [-0.39, 0.29) is 22.4 Å². The van der Waals surface area contributed by atoms with Gasteiger partial charge in [-0.05, 0) is 24.3 Å². The molecule has 8 heteroatoms. The lowest BCUT2D eigenvalue weighted by atomic mass is 10.1. The van der Waals surface area contributed by atoms with Crippen LogP contribution >= 0.6 is 0 Å². The van der Waals surface area contributed by atoms with Gasteiger partial charge in [0.25, 0.3) is 5.56 Å². The minimum atomic E-state index is -1.15. The van der Waals surface area contributed by atoms with E-state index in [1.807, 2.05) is 0 Å². The number of nitrogens with zero attached hydrogens (tertiary/aromatic N) is 1. The molecular weight excluding hydrogens is 348 g/mol. The van der Waals surface area contributed by atoms with E-state index in [0.717, 1.165) is 17.7 Å². The fourth-order valence-corrected chi connectivity index (χ4v) is 2.54. The molecule has 0 aliphatic heterocycles. The van der Waals surface area contributed by atoms with Crippen LogP contribution in [0.5, 0.6) is 17.2 Å². The highest BCUT2D eigenvalue weighted by Gasteiger charge is 2.22. The number of aromatic nitrogens is 1. The summed E-state index contributed by atoms with van der Waals surface area (Å²) < 4.78 is 38.0. The number of benzene rings is 2. The fourth-order valence-electron chi connectivity index (χ4n) is 2.54. The summed E-state index contributed by atoms with van der Waals surface area (Å²) in [5.74, 6) is -3.92. The molecule has 134 valence electrons. The minimum Gasteiger partial charge on any atom is -0.506 e. The minimum absolute atomic E-state index is 0.113. The molecule has 0 spiro atoms. The van der Waals surface area contributed by atoms with E-state index >= 15 is 0 Å². The number of rotatable bonds is 3. The number of fused-ring (bicyclic) bond motifs is 1. The van der Waals surface area contributed by atoms with E-state index in [1.54, 1.807) is 0 Å².